The van der Waals surface area contributed by atoms with Crippen molar-refractivity contribution in [2.24, 2.45) is 0 Å². The summed E-state index contributed by atoms with van der Waals surface area (Å²) in [5, 5.41) is 2.76. The number of hydrogen-bond acceptors (Lipinski definition) is 4. The van der Waals surface area contributed by atoms with Crippen molar-refractivity contribution in [3.05, 3.63) is 17.7 Å². The fraction of sp³-hybridized carbons (Fsp3) is 0.600. The average molecular weight is 289 g/mol. The van der Waals surface area contributed by atoms with E-state index in [1.165, 1.54) is 0 Å². The number of carbonyl (C=O) groups excluding carboxylic acids is 1. The number of aromatic nitrogens is 2. The zero-order chi connectivity index (χ0) is 14.5. The van der Waals surface area contributed by atoms with Crippen molar-refractivity contribution in [1.82, 2.24) is 14.9 Å². The van der Waals surface area contributed by atoms with Crippen LogP contribution < -0.4 is 5.32 Å². The number of imidazole rings is 1. The number of ether oxygens (including phenoxy) is 2. The maximum Gasteiger partial charge on any atom is 0.272 e. The summed E-state index contributed by atoms with van der Waals surface area (Å²) >= 11 is 0. The van der Waals surface area contributed by atoms with Crippen LogP contribution in [0.4, 0.5) is 0 Å². The number of fused-ring (bicyclic) bond motifs is 1. The fourth-order valence-electron chi connectivity index (χ4n) is 2.43. The Morgan fingerprint density at radius 3 is 3.24 bits per heavy atom. The number of rotatable bonds is 2. The van der Waals surface area contributed by atoms with Crippen molar-refractivity contribution in [3.8, 4) is 11.8 Å². The average Bonchev–Trinajstić information content (AvgIpc) is 2.96. The first-order valence-electron chi connectivity index (χ1n) is 7.35. The molecule has 3 rings (SSSR count). The number of amides is 1. The molecule has 0 radical (unpaired) electrons. The molecule has 0 saturated carbocycles. The van der Waals surface area contributed by atoms with Crippen LogP contribution in [-0.4, -0.2) is 41.3 Å². The topological polar surface area (TPSA) is 65.4 Å². The molecule has 1 fully saturated rings. The van der Waals surface area contributed by atoms with Gasteiger partial charge in [0.25, 0.3) is 5.91 Å². The number of carbonyl (C=O) groups is 1. The molecule has 112 valence electrons. The van der Waals surface area contributed by atoms with E-state index in [-0.39, 0.29) is 12.0 Å². The highest BCUT2D eigenvalue weighted by atomic mass is 16.5. The highest BCUT2D eigenvalue weighted by molar-refractivity contribution is 5.92. The molecule has 2 aliphatic rings. The molecular formula is C15H19N3O3. The lowest BCUT2D eigenvalue weighted by molar-refractivity contribution is 0.0525. The van der Waals surface area contributed by atoms with Crippen LogP contribution in [0.25, 0.3) is 0 Å². The van der Waals surface area contributed by atoms with Crippen molar-refractivity contribution in [2.45, 2.75) is 38.5 Å². The zero-order valence-electron chi connectivity index (χ0n) is 11.9. The van der Waals surface area contributed by atoms with Crippen LogP contribution in [0.15, 0.2) is 6.20 Å². The Morgan fingerprint density at radius 2 is 2.43 bits per heavy atom. The largest absolute Gasteiger partial charge is 0.372 e. The van der Waals surface area contributed by atoms with Gasteiger partial charge in [0.2, 0.25) is 0 Å². The summed E-state index contributed by atoms with van der Waals surface area (Å²) in [5.41, 5.74) is 0.422. The molecule has 3 heterocycles. The fourth-order valence-corrected chi connectivity index (χ4v) is 2.43. The molecule has 1 aromatic rings. The van der Waals surface area contributed by atoms with Crippen LogP contribution in [0.2, 0.25) is 0 Å². The van der Waals surface area contributed by atoms with Crippen molar-refractivity contribution < 1.29 is 14.3 Å². The SMILES string of the molecule is O=C(NCC#CC1CCCCO1)c1cn2c(n1)COCC2. The molecule has 1 aromatic heterocycles. The van der Waals surface area contributed by atoms with Gasteiger partial charge in [-0.05, 0) is 19.3 Å². The van der Waals surface area contributed by atoms with Crippen LogP contribution in [0.5, 0.6) is 0 Å². The van der Waals surface area contributed by atoms with E-state index in [0.29, 0.717) is 25.5 Å². The molecule has 0 aromatic carbocycles. The highest BCUT2D eigenvalue weighted by Gasteiger charge is 2.16. The third-order valence-electron chi connectivity index (χ3n) is 3.58. The van der Waals surface area contributed by atoms with E-state index < -0.39 is 0 Å². The number of hydrogen-bond donors (Lipinski definition) is 1. The van der Waals surface area contributed by atoms with E-state index in [9.17, 15) is 4.79 Å². The molecular weight excluding hydrogens is 270 g/mol. The Kier molecular flexibility index (Phi) is 4.53. The first-order valence-corrected chi connectivity index (χ1v) is 7.35. The molecule has 0 aliphatic carbocycles. The first kappa shape index (κ1) is 14.1. The van der Waals surface area contributed by atoms with Gasteiger partial charge in [0.15, 0.2) is 0 Å². The minimum absolute atomic E-state index is 0.0210. The van der Waals surface area contributed by atoms with Gasteiger partial charge in [0, 0.05) is 19.3 Å². The Morgan fingerprint density at radius 1 is 1.48 bits per heavy atom. The molecule has 1 amide bonds. The van der Waals surface area contributed by atoms with Gasteiger partial charge in [-0.15, -0.1) is 0 Å². The molecule has 1 N–H and O–H groups in total. The van der Waals surface area contributed by atoms with E-state index in [1.54, 1.807) is 6.20 Å². The van der Waals surface area contributed by atoms with Crippen LogP contribution in [0.3, 0.4) is 0 Å². The van der Waals surface area contributed by atoms with E-state index in [0.717, 1.165) is 38.2 Å². The predicted molar refractivity (Wildman–Crippen MR) is 75.6 cm³/mol. The van der Waals surface area contributed by atoms with Gasteiger partial charge in [-0.1, -0.05) is 11.8 Å². The summed E-state index contributed by atoms with van der Waals surface area (Å²) in [6.45, 7) is 2.98. The van der Waals surface area contributed by atoms with E-state index in [4.69, 9.17) is 9.47 Å². The summed E-state index contributed by atoms with van der Waals surface area (Å²) < 4.78 is 12.8. The smallest absolute Gasteiger partial charge is 0.272 e. The van der Waals surface area contributed by atoms with Gasteiger partial charge in [0.1, 0.15) is 24.2 Å². The normalized spacial score (nSPS) is 21.0. The molecule has 6 heteroatoms. The van der Waals surface area contributed by atoms with Gasteiger partial charge in [-0.2, -0.15) is 0 Å². The Labute approximate surface area is 123 Å². The third kappa shape index (κ3) is 3.63. The standard InChI is InChI=1S/C15H19N3O3/c19-15(13-10-18-7-9-20-11-14(18)17-13)16-6-3-5-12-4-1-2-8-21-12/h10,12H,1-2,4,6-9,11H2,(H,16,19). The summed E-state index contributed by atoms with van der Waals surface area (Å²) in [5.74, 6) is 6.60. The lowest BCUT2D eigenvalue weighted by atomic mass is 10.1. The molecule has 6 nitrogen and oxygen atoms in total. The maximum atomic E-state index is 12.0. The second-order valence-electron chi connectivity index (χ2n) is 5.15. The predicted octanol–water partition coefficient (Wildman–Crippen LogP) is 0.716. The van der Waals surface area contributed by atoms with Crippen molar-refractivity contribution in [1.29, 1.82) is 0 Å². The molecule has 0 spiro atoms. The van der Waals surface area contributed by atoms with Crippen LogP contribution in [-0.2, 0) is 22.6 Å². The van der Waals surface area contributed by atoms with Crippen LogP contribution >= 0.6 is 0 Å². The Balaban J connectivity index is 1.50. The lowest BCUT2D eigenvalue weighted by Gasteiger charge is -2.17. The second kappa shape index (κ2) is 6.74. The minimum Gasteiger partial charge on any atom is -0.372 e. The van der Waals surface area contributed by atoms with Crippen molar-refractivity contribution >= 4 is 5.91 Å². The molecule has 1 unspecified atom stereocenters. The third-order valence-corrected chi connectivity index (χ3v) is 3.58. The van der Waals surface area contributed by atoms with Crippen LogP contribution in [0.1, 0.15) is 35.6 Å². The quantitative estimate of drug-likeness (QED) is 0.815. The molecule has 21 heavy (non-hydrogen) atoms. The van der Waals surface area contributed by atoms with Gasteiger partial charge < -0.3 is 19.4 Å². The second-order valence-corrected chi connectivity index (χ2v) is 5.15. The molecule has 2 aliphatic heterocycles. The van der Waals surface area contributed by atoms with Gasteiger partial charge in [-0.25, -0.2) is 4.98 Å². The highest BCUT2D eigenvalue weighted by Crippen LogP contribution is 2.11. The van der Waals surface area contributed by atoms with Crippen molar-refractivity contribution in [2.75, 3.05) is 19.8 Å². The molecule has 0 bridgehead atoms. The first-order chi connectivity index (χ1) is 10.3. The number of nitrogens with zero attached hydrogens (tertiary/aromatic N) is 2. The Bertz CT molecular complexity index is 541. The van der Waals surface area contributed by atoms with Crippen LogP contribution in [0, 0.1) is 11.8 Å². The summed E-state index contributed by atoms with van der Waals surface area (Å²) in [6, 6.07) is 0. The van der Waals surface area contributed by atoms with E-state index >= 15 is 0 Å². The van der Waals surface area contributed by atoms with Gasteiger partial charge >= 0.3 is 0 Å². The minimum atomic E-state index is -0.198. The van der Waals surface area contributed by atoms with E-state index in [1.807, 2.05) is 4.57 Å². The van der Waals surface area contributed by atoms with Gasteiger partial charge in [-0.3, -0.25) is 4.79 Å². The zero-order valence-corrected chi connectivity index (χ0v) is 11.9. The Hall–Kier alpha value is -1.84. The summed E-state index contributed by atoms with van der Waals surface area (Å²) in [6.07, 6.45) is 5.05. The monoisotopic (exact) mass is 289 g/mol. The van der Waals surface area contributed by atoms with E-state index in [2.05, 4.69) is 22.1 Å². The molecule has 1 saturated heterocycles. The number of nitrogens with one attached hydrogen (secondary N) is 1. The lowest BCUT2D eigenvalue weighted by Crippen LogP contribution is -2.24. The van der Waals surface area contributed by atoms with Crippen molar-refractivity contribution in [3.63, 3.8) is 0 Å². The molecule has 1 atom stereocenters. The summed E-state index contributed by atoms with van der Waals surface area (Å²) in [7, 11) is 0. The maximum absolute atomic E-state index is 12.0. The van der Waals surface area contributed by atoms with Gasteiger partial charge in [0.05, 0.1) is 13.2 Å². The summed E-state index contributed by atoms with van der Waals surface area (Å²) in [4.78, 5) is 16.3.